The van der Waals surface area contributed by atoms with Crippen molar-refractivity contribution in [1.82, 2.24) is 0 Å². The highest BCUT2D eigenvalue weighted by molar-refractivity contribution is 6.19. The number of Topliss-reactive ketones (excluding diaryl/α,β-unsaturated/α-hetero) is 1. The fraction of sp³-hybridized carbons (Fsp3) is 0.778. The van der Waals surface area contributed by atoms with Crippen LogP contribution in [-0.4, -0.2) is 23.0 Å². The summed E-state index contributed by atoms with van der Waals surface area (Å²) in [6.45, 7) is 4.09. The van der Waals surface area contributed by atoms with Crippen molar-refractivity contribution in [3.8, 4) is 0 Å². The van der Waals surface area contributed by atoms with E-state index >= 15 is 0 Å². The number of esters is 1. The molecule has 0 saturated carbocycles. The minimum Gasteiger partial charge on any atom is -0.511 e. The van der Waals surface area contributed by atoms with E-state index in [0.717, 1.165) is 19.3 Å². The van der Waals surface area contributed by atoms with Gasteiger partial charge in [0.2, 0.25) is 0 Å². The molecule has 1 fully saturated rings. The molecule has 0 aromatic heterocycles. The summed E-state index contributed by atoms with van der Waals surface area (Å²) < 4.78 is 5.30. The van der Waals surface area contributed by atoms with Gasteiger partial charge < -0.3 is 9.84 Å². The van der Waals surface area contributed by atoms with Crippen LogP contribution < -0.4 is 0 Å². The van der Waals surface area contributed by atoms with Crippen LogP contribution in [0.1, 0.15) is 84.5 Å². The predicted molar refractivity (Wildman–Crippen MR) is 86.7 cm³/mol. The fourth-order valence-electron chi connectivity index (χ4n) is 2.81. The third-order valence-electron chi connectivity index (χ3n) is 4.07. The van der Waals surface area contributed by atoms with Crippen LogP contribution in [0, 0.1) is 0 Å². The van der Waals surface area contributed by atoms with Gasteiger partial charge in [0.05, 0.1) is 0 Å². The highest BCUT2D eigenvalue weighted by Gasteiger charge is 2.34. The van der Waals surface area contributed by atoms with Crippen LogP contribution in [0.3, 0.4) is 0 Å². The van der Waals surface area contributed by atoms with Crippen molar-refractivity contribution in [2.24, 2.45) is 0 Å². The topological polar surface area (TPSA) is 63.6 Å². The second-order valence-corrected chi connectivity index (χ2v) is 6.14. The normalized spacial score (nSPS) is 20.9. The molecule has 0 aromatic rings. The molecule has 126 valence electrons. The summed E-state index contributed by atoms with van der Waals surface area (Å²) in [6.07, 6.45) is 10.1. The highest BCUT2D eigenvalue weighted by atomic mass is 16.5. The number of ketones is 1. The van der Waals surface area contributed by atoms with E-state index in [9.17, 15) is 14.7 Å². The second-order valence-electron chi connectivity index (χ2n) is 6.14. The number of cyclic esters (lactones) is 1. The minimum absolute atomic E-state index is 0.119. The van der Waals surface area contributed by atoms with Gasteiger partial charge in [0.15, 0.2) is 5.78 Å². The molecular weight excluding hydrogens is 280 g/mol. The van der Waals surface area contributed by atoms with E-state index in [1.54, 1.807) is 0 Å². The molecule has 1 unspecified atom stereocenters. The van der Waals surface area contributed by atoms with Gasteiger partial charge >= 0.3 is 5.97 Å². The smallest absolute Gasteiger partial charge is 0.345 e. The molecule has 4 nitrogen and oxygen atoms in total. The first-order valence-corrected chi connectivity index (χ1v) is 8.76. The predicted octanol–water partition coefficient (Wildman–Crippen LogP) is 4.62. The largest absolute Gasteiger partial charge is 0.511 e. The van der Waals surface area contributed by atoms with Crippen molar-refractivity contribution >= 4 is 11.8 Å². The van der Waals surface area contributed by atoms with Crippen LogP contribution >= 0.6 is 0 Å². The number of hydrogen-bond donors (Lipinski definition) is 1. The Morgan fingerprint density at radius 3 is 2.27 bits per heavy atom. The number of carbonyl (C=O) groups excluding carboxylic acids is 2. The number of aliphatic hydroxyl groups is 1. The number of allylic oxidation sites excluding steroid dienone is 1. The number of aliphatic hydroxyl groups excluding tert-OH is 1. The lowest BCUT2D eigenvalue weighted by atomic mass is 9.96. The molecular formula is C18H30O4. The van der Waals surface area contributed by atoms with Crippen molar-refractivity contribution in [2.45, 2.75) is 90.6 Å². The lowest BCUT2D eigenvalue weighted by molar-refractivity contribution is -0.151. The van der Waals surface area contributed by atoms with Crippen molar-refractivity contribution in [1.29, 1.82) is 0 Å². The second kappa shape index (κ2) is 10.4. The molecule has 0 aromatic carbocycles. The van der Waals surface area contributed by atoms with Crippen molar-refractivity contribution in [2.75, 3.05) is 0 Å². The van der Waals surface area contributed by atoms with Crippen LogP contribution in [0.4, 0.5) is 0 Å². The maximum absolute atomic E-state index is 12.0. The molecule has 22 heavy (non-hydrogen) atoms. The highest BCUT2D eigenvalue weighted by Crippen LogP contribution is 2.24. The Morgan fingerprint density at radius 1 is 1.05 bits per heavy atom. The Morgan fingerprint density at radius 2 is 1.68 bits per heavy atom. The number of rotatable bonds is 10. The zero-order valence-electron chi connectivity index (χ0n) is 14.0. The summed E-state index contributed by atoms with van der Waals surface area (Å²) in [5, 5.41) is 9.78. The third kappa shape index (κ3) is 6.20. The van der Waals surface area contributed by atoms with Crippen molar-refractivity contribution < 1.29 is 19.4 Å². The Labute approximate surface area is 133 Å². The molecule has 1 heterocycles. The van der Waals surface area contributed by atoms with E-state index in [0.29, 0.717) is 12.8 Å². The van der Waals surface area contributed by atoms with Gasteiger partial charge in [0, 0.05) is 12.8 Å². The lowest BCUT2D eigenvalue weighted by Crippen LogP contribution is -2.33. The van der Waals surface area contributed by atoms with E-state index < -0.39 is 5.97 Å². The molecule has 1 saturated heterocycles. The average molecular weight is 310 g/mol. The maximum atomic E-state index is 12.0. The van der Waals surface area contributed by atoms with Gasteiger partial charge in [-0.2, -0.15) is 0 Å². The van der Waals surface area contributed by atoms with Gasteiger partial charge in [-0.05, 0) is 19.3 Å². The molecule has 0 amide bonds. The van der Waals surface area contributed by atoms with Gasteiger partial charge in [0.25, 0.3) is 0 Å². The van der Waals surface area contributed by atoms with Gasteiger partial charge in [-0.1, -0.05) is 52.4 Å². The average Bonchev–Trinajstić information content (AvgIpc) is 2.46. The monoisotopic (exact) mass is 310 g/mol. The van der Waals surface area contributed by atoms with E-state index in [1.807, 2.05) is 6.92 Å². The molecule has 1 atom stereocenters. The zero-order valence-corrected chi connectivity index (χ0v) is 14.0. The van der Waals surface area contributed by atoms with E-state index in [1.165, 1.54) is 32.1 Å². The fourth-order valence-corrected chi connectivity index (χ4v) is 2.81. The van der Waals surface area contributed by atoms with Gasteiger partial charge in [-0.15, -0.1) is 0 Å². The first-order valence-electron chi connectivity index (χ1n) is 8.76. The summed E-state index contributed by atoms with van der Waals surface area (Å²) in [5.74, 6) is -1.03. The van der Waals surface area contributed by atoms with Crippen molar-refractivity contribution in [3.05, 3.63) is 11.3 Å². The first-order chi connectivity index (χ1) is 10.6. The molecule has 1 aliphatic rings. The Hall–Kier alpha value is -1.32. The van der Waals surface area contributed by atoms with Gasteiger partial charge in [-0.25, -0.2) is 4.79 Å². The maximum Gasteiger partial charge on any atom is 0.345 e. The van der Waals surface area contributed by atoms with E-state index in [2.05, 4.69) is 6.92 Å². The summed E-state index contributed by atoms with van der Waals surface area (Å²) >= 11 is 0. The summed E-state index contributed by atoms with van der Waals surface area (Å²) in [4.78, 5) is 23.9. The van der Waals surface area contributed by atoms with Gasteiger partial charge in [0.1, 0.15) is 17.4 Å². The lowest BCUT2D eigenvalue weighted by Gasteiger charge is -2.23. The minimum atomic E-state index is -0.643. The first kappa shape index (κ1) is 18.7. The van der Waals surface area contributed by atoms with Crippen molar-refractivity contribution in [3.63, 3.8) is 0 Å². The van der Waals surface area contributed by atoms with Gasteiger partial charge in [-0.3, -0.25) is 4.79 Å². The van der Waals surface area contributed by atoms with Crippen LogP contribution in [0.5, 0.6) is 0 Å². The zero-order chi connectivity index (χ0) is 16.4. The molecule has 1 aliphatic heterocycles. The SMILES string of the molecule is CCCCCCCCCC1CC(=O)C(=C(O)CCC)C(=O)O1. The number of unbranched alkanes of at least 4 members (excludes halogenated alkanes) is 6. The van der Waals surface area contributed by atoms with Crippen LogP contribution in [-0.2, 0) is 14.3 Å². The Kier molecular flexibility index (Phi) is 8.86. The standard InChI is InChI=1S/C18H30O4/c1-3-5-6-7-8-9-10-12-14-13-16(20)17(18(21)22-14)15(19)11-4-2/h14,19H,3-13H2,1-2H3. The molecule has 0 bridgehead atoms. The molecule has 1 N–H and O–H groups in total. The number of carbonyl (C=O) groups is 2. The van der Waals surface area contributed by atoms with Crippen LogP contribution in [0.15, 0.2) is 11.3 Å². The molecule has 0 radical (unpaired) electrons. The summed E-state index contributed by atoms with van der Waals surface area (Å²) in [7, 11) is 0. The van der Waals surface area contributed by atoms with Crippen LogP contribution in [0.2, 0.25) is 0 Å². The number of hydrogen-bond acceptors (Lipinski definition) is 4. The molecule has 0 aliphatic carbocycles. The molecule has 0 spiro atoms. The number of ether oxygens (including phenoxy) is 1. The van der Waals surface area contributed by atoms with Crippen LogP contribution in [0.25, 0.3) is 0 Å². The molecule has 4 heteroatoms. The Bertz CT molecular complexity index is 378. The Balaban J connectivity index is 2.31. The molecule has 1 rings (SSSR count). The van der Waals surface area contributed by atoms with E-state index in [-0.39, 0.29) is 29.6 Å². The quantitative estimate of drug-likeness (QED) is 0.210. The van der Waals surface area contributed by atoms with E-state index in [4.69, 9.17) is 4.74 Å². The third-order valence-corrected chi connectivity index (χ3v) is 4.07. The summed E-state index contributed by atoms with van der Waals surface area (Å²) in [5.41, 5.74) is -0.127. The summed E-state index contributed by atoms with van der Waals surface area (Å²) in [6, 6.07) is 0.